The zero-order valence-electron chi connectivity index (χ0n) is 14.3. The lowest BCUT2D eigenvalue weighted by molar-refractivity contribution is -0.123. The van der Waals surface area contributed by atoms with Gasteiger partial charge in [-0.15, -0.1) is 0 Å². The minimum atomic E-state index is -0.313. The third kappa shape index (κ3) is 3.84. The normalized spacial score (nSPS) is 21.1. The van der Waals surface area contributed by atoms with Crippen LogP contribution in [-0.4, -0.2) is 42.4 Å². The first-order valence-electron chi connectivity index (χ1n) is 8.43. The van der Waals surface area contributed by atoms with Crippen molar-refractivity contribution in [3.8, 4) is 0 Å². The molecule has 1 aliphatic heterocycles. The smallest absolute Gasteiger partial charge is 0.254 e. The fourth-order valence-electron chi connectivity index (χ4n) is 3.19. The van der Waals surface area contributed by atoms with E-state index in [0.717, 1.165) is 31.6 Å². The van der Waals surface area contributed by atoms with Crippen LogP contribution in [0.4, 0.5) is 5.69 Å². The van der Waals surface area contributed by atoms with E-state index in [0.29, 0.717) is 12.1 Å². The zero-order valence-corrected chi connectivity index (χ0v) is 14.3. The summed E-state index contributed by atoms with van der Waals surface area (Å²) in [6.07, 6.45) is 1.58. The Hall–Kier alpha value is -2.04. The molecule has 126 valence electrons. The van der Waals surface area contributed by atoms with Crippen molar-refractivity contribution in [1.82, 2.24) is 4.90 Å². The highest BCUT2D eigenvalue weighted by Gasteiger charge is 2.32. The molecule has 1 aliphatic rings. The summed E-state index contributed by atoms with van der Waals surface area (Å²) in [4.78, 5) is 28.2. The van der Waals surface area contributed by atoms with Gasteiger partial charge in [0.2, 0.25) is 5.91 Å². The van der Waals surface area contributed by atoms with Crippen molar-refractivity contribution in [3.05, 3.63) is 29.8 Å². The molecule has 0 bridgehead atoms. The van der Waals surface area contributed by atoms with Gasteiger partial charge in [0, 0.05) is 36.9 Å². The summed E-state index contributed by atoms with van der Waals surface area (Å²) in [5.41, 5.74) is 7.20. The van der Waals surface area contributed by atoms with E-state index in [9.17, 15) is 9.59 Å². The van der Waals surface area contributed by atoms with E-state index >= 15 is 0 Å². The molecule has 2 rings (SSSR count). The first-order chi connectivity index (χ1) is 11.0. The fourth-order valence-corrected chi connectivity index (χ4v) is 3.19. The topological polar surface area (TPSA) is 66.6 Å². The summed E-state index contributed by atoms with van der Waals surface area (Å²) in [6.45, 7) is 8.55. The van der Waals surface area contributed by atoms with Crippen LogP contribution in [0.25, 0.3) is 0 Å². The molecule has 2 amide bonds. The van der Waals surface area contributed by atoms with E-state index in [-0.39, 0.29) is 23.8 Å². The van der Waals surface area contributed by atoms with Crippen LogP contribution < -0.4 is 10.6 Å². The van der Waals surface area contributed by atoms with Crippen molar-refractivity contribution >= 4 is 17.5 Å². The average Bonchev–Trinajstić information content (AvgIpc) is 2.56. The summed E-state index contributed by atoms with van der Waals surface area (Å²) in [5.74, 6) is -0.564. The molecule has 0 aliphatic carbocycles. The maximum atomic E-state index is 12.8. The predicted octanol–water partition coefficient (Wildman–Crippen LogP) is 2.26. The van der Waals surface area contributed by atoms with Crippen molar-refractivity contribution in [2.24, 2.45) is 11.7 Å². The molecule has 2 atom stereocenters. The number of rotatable bonds is 5. The van der Waals surface area contributed by atoms with Gasteiger partial charge in [0.15, 0.2) is 0 Å². The molecule has 0 radical (unpaired) electrons. The minimum Gasteiger partial charge on any atom is -0.372 e. The van der Waals surface area contributed by atoms with Gasteiger partial charge in [0.25, 0.3) is 5.91 Å². The Balaban J connectivity index is 2.14. The number of primary amides is 1. The monoisotopic (exact) mass is 317 g/mol. The van der Waals surface area contributed by atoms with E-state index in [1.165, 1.54) is 0 Å². The number of nitrogens with zero attached hydrogens (tertiary/aromatic N) is 2. The Kier molecular flexibility index (Phi) is 5.64. The Morgan fingerprint density at radius 1 is 1.17 bits per heavy atom. The van der Waals surface area contributed by atoms with Gasteiger partial charge in [-0.3, -0.25) is 9.59 Å². The molecule has 1 saturated heterocycles. The number of piperidine rings is 1. The van der Waals surface area contributed by atoms with Gasteiger partial charge < -0.3 is 15.5 Å². The van der Waals surface area contributed by atoms with Gasteiger partial charge in [-0.1, -0.05) is 0 Å². The predicted molar refractivity (Wildman–Crippen MR) is 92.4 cm³/mol. The first-order valence-corrected chi connectivity index (χ1v) is 8.43. The van der Waals surface area contributed by atoms with Gasteiger partial charge in [-0.05, 0) is 57.9 Å². The SMILES string of the molecule is CCN(CC)c1ccc(C(=O)N2CC(C(N)=O)CCC2C)cc1. The van der Waals surface area contributed by atoms with Crippen molar-refractivity contribution in [2.75, 3.05) is 24.5 Å². The number of hydrogen-bond acceptors (Lipinski definition) is 3. The van der Waals surface area contributed by atoms with Gasteiger partial charge in [0.1, 0.15) is 0 Å². The van der Waals surface area contributed by atoms with Crippen LogP contribution in [0.15, 0.2) is 24.3 Å². The second-order valence-corrected chi connectivity index (χ2v) is 6.20. The summed E-state index contributed by atoms with van der Waals surface area (Å²) in [7, 11) is 0. The van der Waals surface area contributed by atoms with Crippen LogP contribution >= 0.6 is 0 Å². The minimum absolute atomic E-state index is 0.0189. The van der Waals surface area contributed by atoms with Crippen LogP contribution in [0.1, 0.15) is 44.0 Å². The highest BCUT2D eigenvalue weighted by atomic mass is 16.2. The first kappa shape index (κ1) is 17.3. The quantitative estimate of drug-likeness (QED) is 0.906. The zero-order chi connectivity index (χ0) is 17.0. The summed E-state index contributed by atoms with van der Waals surface area (Å²) < 4.78 is 0. The number of benzene rings is 1. The molecule has 0 saturated carbocycles. The molecule has 0 spiro atoms. The molecule has 2 unspecified atom stereocenters. The van der Waals surface area contributed by atoms with Crippen LogP contribution in [0.2, 0.25) is 0 Å². The maximum absolute atomic E-state index is 12.8. The summed E-state index contributed by atoms with van der Waals surface area (Å²) >= 11 is 0. The molecule has 1 heterocycles. The largest absolute Gasteiger partial charge is 0.372 e. The van der Waals surface area contributed by atoms with Crippen molar-refractivity contribution in [2.45, 2.75) is 39.7 Å². The number of likely N-dealkylation sites (tertiary alicyclic amines) is 1. The third-order valence-corrected chi connectivity index (χ3v) is 4.79. The Bertz CT molecular complexity index is 552. The number of amides is 2. The molecule has 2 N–H and O–H groups in total. The standard InChI is InChI=1S/C18H27N3O2/c1-4-20(5-2)16-10-8-14(9-11-16)18(23)21-12-15(17(19)22)7-6-13(21)3/h8-11,13,15H,4-7,12H2,1-3H3,(H2,19,22). The lowest BCUT2D eigenvalue weighted by Gasteiger charge is -2.37. The Labute approximate surface area is 138 Å². The van der Waals surface area contributed by atoms with Gasteiger partial charge in [0.05, 0.1) is 5.92 Å². The second kappa shape index (κ2) is 7.49. The van der Waals surface area contributed by atoms with Crippen molar-refractivity contribution in [3.63, 3.8) is 0 Å². The van der Waals surface area contributed by atoms with Crippen LogP contribution in [0.3, 0.4) is 0 Å². The van der Waals surface area contributed by atoms with Crippen LogP contribution in [0.5, 0.6) is 0 Å². The highest BCUT2D eigenvalue weighted by Crippen LogP contribution is 2.24. The molecular formula is C18H27N3O2. The van der Waals surface area contributed by atoms with E-state index < -0.39 is 0 Å². The third-order valence-electron chi connectivity index (χ3n) is 4.79. The number of anilines is 1. The average molecular weight is 317 g/mol. The molecule has 0 aromatic heterocycles. The molecular weight excluding hydrogens is 290 g/mol. The number of carbonyl (C=O) groups excluding carboxylic acids is 2. The van der Waals surface area contributed by atoms with E-state index in [2.05, 4.69) is 18.7 Å². The number of nitrogens with two attached hydrogens (primary N) is 1. The summed E-state index contributed by atoms with van der Waals surface area (Å²) in [6, 6.07) is 7.86. The second-order valence-electron chi connectivity index (χ2n) is 6.20. The van der Waals surface area contributed by atoms with Crippen molar-refractivity contribution in [1.29, 1.82) is 0 Å². The lowest BCUT2D eigenvalue weighted by atomic mass is 9.92. The summed E-state index contributed by atoms with van der Waals surface area (Å²) in [5, 5.41) is 0. The van der Waals surface area contributed by atoms with Gasteiger partial charge in [-0.25, -0.2) is 0 Å². The fraction of sp³-hybridized carbons (Fsp3) is 0.556. The number of hydrogen-bond donors (Lipinski definition) is 1. The Morgan fingerprint density at radius 3 is 2.30 bits per heavy atom. The van der Waals surface area contributed by atoms with Crippen molar-refractivity contribution < 1.29 is 9.59 Å². The van der Waals surface area contributed by atoms with Crippen LogP contribution in [-0.2, 0) is 4.79 Å². The maximum Gasteiger partial charge on any atom is 0.254 e. The highest BCUT2D eigenvalue weighted by molar-refractivity contribution is 5.95. The molecule has 23 heavy (non-hydrogen) atoms. The van der Waals surface area contributed by atoms with E-state index in [4.69, 9.17) is 5.73 Å². The van der Waals surface area contributed by atoms with Crippen LogP contribution in [0, 0.1) is 5.92 Å². The lowest BCUT2D eigenvalue weighted by Crippen LogP contribution is -2.48. The molecule has 1 fully saturated rings. The Morgan fingerprint density at radius 2 is 1.78 bits per heavy atom. The van der Waals surface area contributed by atoms with E-state index in [1.807, 2.05) is 31.2 Å². The molecule has 5 nitrogen and oxygen atoms in total. The van der Waals surface area contributed by atoms with E-state index in [1.54, 1.807) is 4.90 Å². The van der Waals surface area contributed by atoms with Gasteiger partial charge >= 0.3 is 0 Å². The van der Waals surface area contributed by atoms with Gasteiger partial charge in [-0.2, -0.15) is 0 Å². The number of carbonyl (C=O) groups is 2. The molecule has 1 aromatic rings. The molecule has 1 aromatic carbocycles. The molecule has 5 heteroatoms.